The maximum atomic E-state index is 11.8. The van der Waals surface area contributed by atoms with Gasteiger partial charge >= 0.3 is 0 Å². The van der Waals surface area contributed by atoms with Crippen molar-refractivity contribution in [3.05, 3.63) is 23.8 Å². The third kappa shape index (κ3) is 1.92. The molecule has 0 bridgehead atoms. The van der Waals surface area contributed by atoms with Gasteiger partial charge in [0.05, 0.1) is 0 Å². The highest BCUT2D eigenvalue weighted by atomic mass is 16.1. The van der Waals surface area contributed by atoms with Crippen LogP contribution in [-0.4, -0.2) is 5.78 Å². The lowest BCUT2D eigenvalue weighted by molar-refractivity contribution is -0.124. The Hall–Kier alpha value is -0.850. The zero-order valence-electron chi connectivity index (χ0n) is 10.7. The Morgan fingerprint density at radius 3 is 2.27 bits per heavy atom. The van der Waals surface area contributed by atoms with E-state index in [0.717, 1.165) is 0 Å². The molecule has 0 saturated heterocycles. The van der Waals surface area contributed by atoms with Crippen LogP contribution < -0.4 is 0 Å². The molecule has 0 saturated carbocycles. The largest absolute Gasteiger partial charge is 0.299 e. The highest BCUT2D eigenvalue weighted by Gasteiger charge is 2.45. The summed E-state index contributed by atoms with van der Waals surface area (Å²) < 4.78 is 0. The molecule has 0 aliphatic heterocycles. The first-order valence-electron chi connectivity index (χ1n) is 5.56. The number of ketones is 1. The standard InChI is InChI=1S/C14H22O/c1-10-8-7-9-14(6,13(3,4)5)12(10)11(2)15/h7-9,12H,1-6H3. The second-order valence-electron chi connectivity index (χ2n) is 5.85. The molecule has 0 spiro atoms. The first-order chi connectivity index (χ1) is 6.70. The van der Waals surface area contributed by atoms with Gasteiger partial charge in [0.25, 0.3) is 0 Å². The molecular weight excluding hydrogens is 184 g/mol. The van der Waals surface area contributed by atoms with E-state index in [1.165, 1.54) is 5.57 Å². The number of hydrogen-bond donors (Lipinski definition) is 0. The lowest BCUT2D eigenvalue weighted by atomic mass is 9.57. The lowest BCUT2D eigenvalue weighted by Crippen LogP contribution is -2.43. The Morgan fingerprint density at radius 2 is 1.93 bits per heavy atom. The van der Waals surface area contributed by atoms with Crippen molar-refractivity contribution in [1.29, 1.82) is 0 Å². The van der Waals surface area contributed by atoms with Crippen LogP contribution in [0.3, 0.4) is 0 Å². The Morgan fingerprint density at radius 1 is 1.40 bits per heavy atom. The third-order valence-corrected chi connectivity index (χ3v) is 3.88. The monoisotopic (exact) mass is 206 g/mol. The molecule has 0 aromatic rings. The molecule has 1 heteroatoms. The average molecular weight is 206 g/mol. The molecule has 2 unspecified atom stereocenters. The Balaban J connectivity index is 3.25. The minimum absolute atomic E-state index is 0.0301. The highest BCUT2D eigenvalue weighted by Crippen LogP contribution is 2.50. The van der Waals surface area contributed by atoms with Gasteiger partial charge in [-0.15, -0.1) is 0 Å². The predicted octanol–water partition coefficient (Wildman–Crippen LogP) is 3.76. The van der Waals surface area contributed by atoms with Gasteiger partial charge in [0.2, 0.25) is 0 Å². The summed E-state index contributed by atoms with van der Waals surface area (Å²) >= 11 is 0. The first kappa shape index (κ1) is 12.2. The lowest BCUT2D eigenvalue weighted by Gasteiger charge is -2.46. The van der Waals surface area contributed by atoms with Crippen molar-refractivity contribution in [2.45, 2.75) is 41.5 Å². The molecule has 2 atom stereocenters. The minimum atomic E-state index is -0.0718. The fraction of sp³-hybridized carbons (Fsp3) is 0.643. The van der Waals surface area contributed by atoms with Crippen molar-refractivity contribution in [3.8, 4) is 0 Å². The quantitative estimate of drug-likeness (QED) is 0.638. The van der Waals surface area contributed by atoms with Crippen molar-refractivity contribution >= 4 is 5.78 Å². The molecular formula is C14H22O. The third-order valence-electron chi connectivity index (χ3n) is 3.88. The second-order valence-corrected chi connectivity index (χ2v) is 5.85. The van der Waals surface area contributed by atoms with Gasteiger partial charge in [0, 0.05) is 11.3 Å². The van der Waals surface area contributed by atoms with Gasteiger partial charge in [-0.25, -0.2) is 0 Å². The highest BCUT2D eigenvalue weighted by molar-refractivity contribution is 5.83. The molecule has 0 heterocycles. The summed E-state index contributed by atoms with van der Waals surface area (Å²) in [4.78, 5) is 11.8. The molecule has 0 aromatic carbocycles. The average Bonchev–Trinajstić information content (AvgIpc) is 2.00. The van der Waals surface area contributed by atoms with E-state index in [9.17, 15) is 4.79 Å². The summed E-state index contributed by atoms with van der Waals surface area (Å²) in [5.41, 5.74) is 1.20. The number of carbonyl (C=O) groups excluding carboxylic acids is 1. The molecule has 15 heavy (non-hydrogen) atoms. The number of allylic oxidation sites excluding steroid dienone is 4. The van der Waals surface area contributed by atoms with Crippen molar-refractivity contribution in [2.75, 3.05) is 0 Å². The van der Waals surface area contributed by atoms with Crippen molar-refractivity contribution in [3.63, 3.8) is 0 Å². The van der Waals surface area contributed by atoms with E-state index in [1.54, 1.807) is 6.92 Å². The molecule has 1 aliphatic rings. The SMILES string of the molecule is CC(=O)C1C(C)=CC=CC1(C)C(C)(C)C. The molecule has 1 aliphatic carbocycles. The molecule has 84 valence electrons. The van der Waals surface area contributed by atoms with Gasteiger partial charge in [0.15, 0.2) is 0 Å². The zero-order chi connectivity index (χ0) is 11.9. The molecule has 1 nitrogen and oxygen atoms in total. The zero-order valence-corrected chi connectivity index (χ0v) is 10.7. The normalized spacial score (nSPS) is 31.3. The molecule has 0 radical (unpaired) electrons. The van der Waals surface area contributed by atoms with E-state index in [1.807, 2.05) is 0 Å². The number of rotatable bonds is 1. The van der Waals surface area contributed by atoms with E-state index in [2.05, 4.69) is 52.8 Å². The molecule has 0 aromatic heterocycles. The number of Topliss-reactive ketones (excluding diaryl/α,β-unsaturated/α-hetero) is 1. The van der Waals surface area contributed by atoms with Gasteiger partial charge in [-0.3, -0.25) is 4.79 Å². The van der Waals surface area contributed by atoms with E-state index in [0.29, 0.717) is 0 Å². The van der Waals surface area contributed by atoms with Gasteiger partial charge in [-0.05, 0) is 19.3 Å². The summed E-state index contributed by atoms with van der Waals surface area (Å²) in [5.74, 6) is 0.299. The van der Waals surface area contributed by atoms with Crippen LogP contribution in [0.4, 0.5) is 0 Å². The van der Waals surface area contributed by atoms with Crippen molar-refractivity contribution in [2.24, 2.45) is 16.7 Å². The van der Waals surface area contributed by atoms with E-state index in [4.69, 9.17) is 0 Å². The van der Waals surface area contributed by atoms with Crippen LogP contribution in [-0.2, 0) is 4.79 Å². The van der Waals surface area contributed by atoms with Gasteiger partial charge in [-0.1, -0.05) is 51.5 Å². The molecule has 0 amide bonds. The second kappa shape index (κ2) is 3.62. The van der Waals surface area contributed by atoms with Crippen molar-refractivity contribution < 1.29 is 4.79 Å². The maximum Gasteiger partial charge on any atom is 0.137 e. The fourth-order valence-electron chi connectivity index (χ4n) is 2.49. The molecule has 0 N–H and O–H groups in total. The van der Waals surface area contributed by atoms with E-state index >= 15 is 0 Å². The van der Waals surface area contributed by atoms with Crippen LogP contribution in [0.15, 0.2) is 23.8 Å². The van der Waals surface area contributed by atoms with Crippen LogP contribution in [0, 0.1) is 16.7 Å². The maximum absolute atomic E-state index is 11.8. The molecule has 0 fully saturated rings. The Labute approximate surface area is 93.3 Å². The smallest absolute Gasteiger partial charge is 0.137 e. The fourth-order valence-corrected chi connectivity index (χ4v) is 2.49. The van der Waals surface area contributed by atoms with Crippen LogP contribution >= 0.6 is 0 Å². The van der Waals surface area contributed by atoms with Gasteiger partial charge in [0.1, 0.15) is 5.78 Å². The number of hydrogen-bond acceptors (Lipinski definition) is 1. The van der Waals surface area contributed by atoms with Crippen molar-refractivity contribution in [1.82, 2.24) is 0 Å². The molecule has 1 rings (SSSR count). The minimum Gasteiger partial charge on any atom is -0.299 e. The van der Waals surface area contributed by atoms with Crippen LogP contribution in [0.2, 0.25) is 0 Å². The van der Waals surface area contributed by atoms with Crippen LogP contribution in [0.5, 0.6) is 0 Å². The van der Waals surface area contributed by atoms with Crippen LogP contribution in [0.1, 0.15) is 41.5 Å². The first-order valence-corrected chi connectivity index (χ1v) is 5.56. The summed E-state index contributed by atoms with van der Waals surface area (Å²) in [5, 5.41) is 0. The Kier molecular flexibility index (Phi) is 2.95. The summed E-state index contributed by atoms with van der Waals surface area (Å²) in [6.07, 6.45) is 6.33. The number of carbonyl (C=O) groups is 1. The van der Waals surface area contributed by atoms with E-state index < -0.39 is 0 Å². The topological polar surface area (TPSA) is 17.1 Å². The van der Waals surface area contributed by atoms with Crippen LogP contribution in [0.25, 0.3) is 0 Å². The Bertz CT molecular complexity index is 328. The summed E-state index contributed by atoms with van der Waals surface area (Å²) in [6, 6.07) is 0. The van der Waals surface area contributed by atoms with Gasteiger partial charge in [-0.2, -0.15) is 0 Å². The van der Waals surface area contributed by atoms with Gasteiger partial charge < -0.3 is 0 Å². The summed E-state index contributed by atoms with van der Waals surface area (Å²) in [6.45, 7) is 12.5. The summed E-state index contributed by atoms with van der Waals surface area (Å²) in [7, 11) is 0. The van der Waals surface area contributed by atoms with E-state index in [-0.39, 0.29) is 22.5 Å². The predicted molar refractivity (Wildman–Crippen MR) is 64.6 cm³/mol.